The van der Waals surface area contributed by atoms with Gasteiger partial charge in [-0.25, -0.2) is 9.37 Å². The largest absolute Gasteiger partial charge is 0.392 e. The Hall–Kier alpha value is -2.45. The maximum Gasteiger partial charge on any atom is 0.392 e. The van der Waals surface area contributed by atoms with Crippen molar-refractivity contribution in [1.82, 2.24) is 14.7 Å². The van der Waals surface area contributed by atoms with Gasteiger partial charge in [-0.2, -0.15) is 0 Å². The lowest BCUT2D eigenvalue weighted by molar-refractivity contribution is -0.552. The maximum absolute atomic E-state index is 13.1. The van der Waals surface area contributed by atoms with Crippen molar-refractivity contribution in [2.24, 2.45) is 16.6 Å². The minimum absolute atomic E-state index is 0.380. The van der Waals surface area contributed by atoms with Crippen LogP contribution in [0.15, 0.2) is 4.99 Å². The molecule has 1 saturated carbocycles. The fourth-order valence-electron chi connectivity index (χ4n) is 4.74. The van der Waals surface area contributed by atoms with Crippen LogP contribution in [0, 0.1) is 5.92 Å². The van der Waals surface area contributed by atoms with Crippen molar-refractivity contribution in [1.29, 1.82) is 0 Å². The number of hydrogen-bond donors (Lipinski definition) is 1. The van der Waals surface area contributed by atoms with Gasteiger partial charge in [0.15, 0.2) is 0 Å². The average molecular weight is 375 g/mol. The molecule has 27 heavy (non-hydrogen) atoms. The highest BCUT2D eigenvalue weighted by atomic mass is 16.2. The summed E-state index contributed by atoms with van der Waals surface area (Å²) in [5.74, 6) is 0.516. The van der Waals surface area contributed by atoms with Crippen LogP contribution in [0.5, 0.6) is 0 Å². The molecule has 2 fully saturated rings. The number of carbonyl (C=O) groups is 3. The molecule has 2 atom stereocenters. The molecule has 0 radical (unpaired) electrons. The van der Waals surface area contributed by atoms with E-state index >= 15 is 0 Å². The van der Waals surface area contributed by atoms with Crippen LogP contribution in [0.25, 0.3) is 0 Å². The van der Waals surface area contributed by atoms with Gasteiger partial charge in [0.1, 0.15) is 6.54 Å². The minimum atomic E-state index is -0.705. The summed E-state index contributed by atoms with van der Waals surface area (Å²) in [6, 6.07) is -0.774. The second-order valence-corrected chi connectivity index (χ2v) is 8.11. The lowest BCUT2D eigenvalue weighted by Crippen LogP contribution is -2.64. The molecule has 1 saturated heterocycles. The number of likely N-dealkylation sites (N-methyl/N-ethyl adjacent to an activating group) is 1. The van der Waals surface area contributed by atoms with E-state index in [4.69, 9.17) is 10.7 Å². The number of guanidine groups is 1. The highest BCUT2D eigenvalue weighted by Crippen LogP contribution is 2.30. The Morgan fingerprint density at radius 3 is 2.63 bits per heavy atom. The molecule has 4 rings (SSSR count). The Bertz CT molecular complexity index is 754. The van der Waals surface area contributed by atoms with E-state index in [2.05, 4.69) is 11.8 Å². The first-order chi connectivity index (χ1) is 12.9. The summed E-state index contributed by atoms with van der Waals surface area (Å²) in [7, 11) is 1.60. The molecule has 3 heterocycles. The summed E-state index contributed by atoms with van der Waals surface area (Å²) in [6.07, 6.45) is 5.97. The Balaban J connectivity index is 1.71. The van der Waals surface area contributed by atoms with Gasteiger partial charge in [-0.15, -0.1) is 0 Å². The number of hydrogen-bond acceptors (Lipinski definition) is 5. The summed E-state index contributed by atoms with van der Waals surface area (Å²) in [6.45, 7) is 3.38. The molecule has 146 valence electrons. The number of urea groups is 1. The zero-order chi connectivity index (χ0) is 19.3. The normalized spacial score (nSPS) is 29.1. The van der Waals surface area contributed by atoms with Crippen LogP contribution in [0.4, 0.5) is 4.79 Å². The molecule has 0 aromatic carbocycles. The van der Waals surface area contributed by atoms with Crippen molar-refractivity contribution in [2.75, 3.05) is 26.7 Å². The number of fused-ring (bicyclic) bond motifs is 2. The van der Waals surface area contributed by atoms with Gasteiger partial charge in [0.25, 0.3) is 5.91 Å². The molecule has 2 N–H and O–H groups in total. The van der Waals surface area contributed by atoms with Gasteiger partial charge in [-0.05, 0) is 12.8 Å². The van der Waals surface area contributed by atoms with Crippen molar-refractivity contribution >= 4 is 29.6 Å². The fraction of sp³-hybridized carbons (Fsp3) is 0.722. The topological polar surface area (TPSA) is 102 Å². The van der Waals surface area contributed by atoms with Crippen molar-refractivity contribution < 1.29 is 19.0 Å². The third-order valence-electron chi connectivity index (χ3n) is 5.99. The lowest BCUT2D eigenvalue weighted by atomic mass is 9.93. The standard InChI is InChI=1S/C18H26N6O3/c1-11-8-22(12-6-4-3-5-7-12)17-20-15-14(23(17)9-11)16(26)24(10-13(19)25)18(27)21(15)2/h11-12,14H,3-10H2,1-2H3,(H-,19,25)/p+1. The van der Waals surface area contributed by atoms with Crippen molar-refractivity contribution in [3.63, 3.8) is 0 Å². The first-order valence-corrected chi connectivity index (χ1v) is 9.74. The van der Waals surface area contributed by atoms with Gasteiger partial charge >= 0.3 is 12.0 Å². The summed E-state index contributed by atoms with van der Waals surface area (Å²) in [5.41, 5.74) is 5.24. The van der Waals surface area contributed by atoms with Crippen LogP contribution in [0.1, 0.15) is 39.0 Å². The molecule has 0 bridgehead atoms. The first kappa shape index (κ1) is 17.9. The van der Waals surface area contributed by atoms with Crippen molar-refractivity contribution in [3.05, 3.63) is 0 Å². The zero-order valence-electron chi connectivity index (χ0n) is 15.9. The molecule has 9 nitrogen and oxygen atoms in total. The molecular formula is C18H27N6O3+. The van der Waals surface area contributed by atoms with Gasteiger partial charge in [0.2, 0.25) is 17.8 Å². The van der Waals surface area contributed by atoms with Gasteiger partial charge in [-0.3, -0.25) is 24.3 Å². The molecule has 0 aromatic rings. The molecule has 9 heteroatoms. The van der Waals surface area contributed by atoms with Crippen molar-refractivity contribution in [3.8, 4) is 0 Å². The number of amidine groups is 1. The van der Waals surface area contributed by atoms with Crippen LogP contribution in [-0.4, -0.2) is 87.7 Å². The third-order valence-corrected chi connectivity index (χ3v) is 5.99. The van der Waals surface area contributed by atoms with Crippen LogP contribution in [0.2, 0.25) is 0 Å². The third kappa shape index (κ3) is 2.89. The Labute approximate surface area is 158 Å². The zero-order valence-corrected chi connectivity index (χ0v) is 15.9. The predicted molar refractivity (Wildman–Crippen MR) is 98.2 cm³/mol. The Morgan fingerprint density at radius 2 is 1.96 bits per heavy atom. The Morgan fingerprint density at radius 1 is 1.26 bits per heavy atom. The van der Waals surface area contributed by atoms with E-state index in [9.17, 15) is 14.4 Å². The number of aliphatic imine (C=N–C) groups is 1. The minimum Gasteiger partial charge on any atom is -0.368 e. The monoisotopic (exact) mass is 375 g/mol. The molecule has 0 aromatic heterocycles. The van der Waals surface area contributed by atoms with Gasteiger partial charge < -0.3 is 5.73 Å². The van der Waals surface area contributed by atoms with Crippen LogP contribution < -0.4 is 5.73 Å². The van der Waals surface area contributed by atoms with Gasteiger partial charge in [0.05, 0.1) is 19.1 Å². The van der Waals surface area contributed by atoms with E-state index in [1.165, 1.54) is 24.2 Å². The van der Waals surface area contributed by atoms with Crippen LogP contribution in [0.3, 0.4) is 0 Å². The second-order valence-electron chi connectivity index (χ2n) is 8.11. The summed E-state index contributed by atoms with van der Waals surface area (Å²) in [5, 5.41) is 0. The second kappa shape index (κ2) is 6.61. The van der Waals surface area contributed by atoms with E-state index < -0.39 is 30.4 Å². The smallest absolute Gasteiger partial charge is 0.368 e. The highest BCUT2D eigenvalue weighted by Gasteiger charge is 2.55. The van der Waals surface area contributed by atoms with E-state index in [1.54, 1.807) is 7.05 Å². The number of nitrogens with two attached hydrogens (primary N) is 1. The molecule has 4 amide bonds. The SMILES string of the molecule is CC1CN(C2CCCCC2)C2=[N+](C1)C1C(=O)N(CC(N)=O)C(=O)N(C)C1=N2. The quantitative estimate of drug-likeness (QED) is 0.690. The van der Waals surface area contributed by atoms with E-state index in [-0.39, 0.29) is 0 Å². The predicted octanol–water partition coefficient (Wildman–Crippen LogP) is -0.201. The highest BCUT2D eigenvalue weighted by molar-refractivity contribution is 6.23. The summed E-state index contributed by atoms with van der Waals surface area (Å²) < 4.78 is 2.01. The molecule has 2 unspecified atom stereocenters. The first-order valence-electron chi connectivity index (χ1n) is 9.74. The number of amides is 4. The molecule has 0 spiro atoms. The molecule has 4 aliphatic rings. The lowest BCUT2D eigenvalue weighted by Gasteiger charge is -2.37. The molecule has 3 aliphatic heterocycles. The van der Waals surface area contributed by atoms with Gasteiger partial charge in [0, 0.05) is 13.0 Å². The van der Waals surface area contributed by atoms with Crippen LogP contribution in [-0.2, 0) is 9.59 Å². The maximum atomic E-state index is 13.1. The van der Waals surface area contributed by atoms with E-state index in [1.807, 2.05) is 4.58 Å². The number of rotatable bonds is 3. The summed E-state index contributed by atoms with van der Waals surface area (Å²) in [4.78, 5) is 46.4. The number of carbonyl (C=O) groups excluding carboxylic acids is 3. The molecular weight excluding hydrogens is 348 g/mol. The van der Waals surface area contributed by atoms with Crippen LogP contribution >= 0.6 is 0 Å². The van der Waals surface area contributed by atoms with Gasteiger partial charge in [-0.1, -0.05) is 31.2 Å². The Kier molecular flexibility index (Phi) is 4.39. The summed E-state index contributed by atoms with van der Waals surface area (Å²) >= 11 is 0. The average Bonchev–Trinajstić information content (AvgIpc) is 3.03. The number of nitrogens with zero attached hydrogens (tertiary/aromatic N) is 5. The van der Waals surface area contributed by atoms with Crippen molar-refractivity contribution in [2.45, 2.75) is 51.1 Å². The number of imide groups is 1. The van der Waals surface area contributed by atoms with E-state index in [0.717, 1.165) is 30.2 Å². The molecule has 1 aliphatic carbocycles. The fourth-order valence-corrected chi connectivity index (χ4v) is 4.74. The van der Waals surface area contributed by atoms with E-state index in [0.29, 0.717) is 24.3 Å². The number of primary amides is 1.